The van der Waals surface area contributed by atoms with Crippen LogP contribution in [0.4, 0.5) is 10.1 Å². The van der Waals surface area contributed by atoms with Gasteiger partial charge in [0.15, 0.2) is 6.10 Å². The number of piperidine rings is 1. The Bertz CT molecular complexity index is 1400. The number of rotatable bonds is 9. The summed E-state index contributed by atoms with van der Waals surface area (Å²) in [5.41, 5.74) is 3.36. The lowest BCUT2D eigenvalue weighted by atomic mass is 9.82. The third kappa shape index (κ3) is 7.54. The van der Waals surface area contributed by atoms with E-state index < -0.39 is 17.7 Å². The number of aromatic nitrogens is 2. The molecule has 1 aromatic carbocycles. The number of aryl methyl sites for hydroxylation is 1. The molecule has 1 saturated heterocycles. The molecule has 3 aromatic rings. The van der Waals surface area contributed by atoms with Crippen molar-refractivity contribution < 1.29 is 23.8 Å². The van der Waals surface area contributed by atoms with E-state index in [1.807, 2.05) is 27.7 Å². The van der Waals surface area contributed by atoms with Gasteiger partial charge in [-0.15, -0.1) is 0 Å². The Balaban J connectivity index is 1.72. The Labute approximate surface area is 246 Å². The summed E-state index contributed by atoms with van der Waals surface area (Å²) in [7, 11) is 0. The molecule has 4 rings (SSSR count). The molecule has 0 aliphatic carbocycles. The Morgan fingerprint density at radius 1 is 1.17 bits per heavy atom. The third-order valence-electron chi connectivity index (χ3n) is 7.36. The fourth-order valence-electron chi connectivity index (χ4n) is 5.03. The van der Waals surface area contributed by atoms with Gasteiger partial charge < -0.3 is 19.5 Å². The maximum atomic E-state index is 14.0. The summed E-state index contributed by atoms with van der Waals surface area (Å²) in [5, 5.41) is 10.6. The van der Waals surface area contributed by atoms with Crippen molar-refractivity contribution in [2.45, 2.75) is 72.5 Å². The summed E-state index contributed by atoms with van der Waals surface area (Å²) in [4.78, 5) is 23.9. The molecule has 1 aliphatic rings. The SMILES string of the molecule is Cc1ncc(-c2cnc(OCCc3ccccc3F)c(Cl)c2)c(N2CCC(C)(C)CC2)c1[C@H](OC(C)(C)C)C(=O)O. The number of benzene rings is 1. The quantitative estimate of drug-likeness (QED) is 0.280. The van der Waals surface area contributed by atoms with Crippen molar-refractivity contribution in [2.75, 3.05) is 24.6 Å². The molecule has 0 spiro atoms. The number of halogens is 2. The van der Waals surface area contributed by atoms with Gasteiger partial charge in [-0.3, -0.25) is 4.98 Å². The second kappa shape index (κ2) is 12.3. The molecule has 1 fully saturated rings. The number of pyridine rings is 2. The summed E-state index contributed by atoms with van der Waals surface area (Å²) < 4.78 is 25.9. The average molecular weight is 584 g/mol. The van der Waals surface area contributed by atoms with Gasteiger partial charge in [0.25, 0.3) is 0 Å². The molecular weight excluding hydrogens is 545 g/mol. The standard InChI is InChI=1S/C32H39ClFN3O4/c1-20-26(28(30(38)39)41-31(2,3)4)27(37-14-12-32(5,6)13-15-37)23(19-35-20)22-17-24(33)29(36-18-22)40-16-11-21-9-7-8-10-25(21)34/h7-10,17-19,28H,11-16H2,1-6H3,(H,38,39)/t28-/m0/s1. The molecule has 0 bridgehead atoms. The second-order valence-corrected chi connectivity index (χ2v) is 12.7. The van der Waals surface area contributed by atoms with Gasteiger partial charge in [0.1, 0.15) is 10.8 Å². The van der Waals surface area contributed by atoms with Crippen molar-refractivity contribution in [1.29, 1.82) is 0 Å². The van der Waals surface area contributed by atoms with Gasteiger partial charge in [-0.2, -0.15) is 0 Å². The zero-order chi connectivity index (χ0) is 29.9. The molecule has 220 valence electrons. The topological polar surface area (TPSA) is 84.8 Å². The molecule has 0 saturated carbocycles. The van der Waals surface area contributed by atoms with E-state index in [4.69, 9.17) is 21.1 Å². The summed E-state index contributed by atoms with van der Waals surface area (Å²) >= 11 is 6.62. The molecule has 1 atom stereocenters. The molecule has 0 amide bonds. The van der Waals surface area contributed by atoms with Gasteiger partial charge in [0.2, 0.25) is 5.88 Å². The number of anilines is 1. The Morgan fingerprint density at radius 2 is 1.85 bits per heavy atom. The van der Waals surface area contributed by atoms with E-state index in [0.29, 0.717) is 33.8 Å². The first kappa shape index (κ1) is 30.7. The van der Waals surface area contributed by atoms with Gasteiger partial charge in [0, 0.05) is 54.3 Å². The molecule has 41 heavy (non-hydrogen) atoms. The van der Waals surface area contributed by atoms with Gasteiger partial charge in [-0.25, -0.2) is 14.2 Å². The molecule has 1 aliphatic heterocycles. The second-order valence-electron chi connectivity index (χ2n) is 12.3. The predicted octanol–water partition coefficient (Wildman–Crippen LogP) is 7.43. The molecule has 3 heterocycles. The van der Waals surface area contributed by atoms with Crippen LogP contribution in [0.1, 0.15) is 70.4 Å². The highest BCUT2D eigenvalue weighted by molar-refractivity contribution is 6.32. The highest BCUT2D eigenvalue weighted by atomic mass is 35.5. The van der Waals surface area contributed by atoms with Crippen molar-refractivity contribution in [3.8, 4) is 17.0 Å². The summed E-state index contributed by atoms with van der Waals surface area (Å²) in [6.07, 6.45) is 4.47. The van der Waals surface area contributed by atoms with Crippen molar-refractivity contribution in [1.82, 2.24) is 9.97 Å². The highest BCUT2D eigenvalue weighted by Crippen LogP contribution is 2.44. The van der Waals surface area contributed by atoms with Crippen LogP contribution in [-0.2, 0) is 16.0 Å². The van der Waals surface area contributed by atoms with Crippen LogP contribution < -0.4 is 9.64 Å². The minimum atomic E-state index is -1.21. The average Bonchev–Trinajstić information content (AvgIpc) is 2.89. The minimum Gasteiger partial charge on any atom is -0.479 e. The number of carbonyl (C=O) groups is 1. The van der Waals surface area contributed by atoms with Gasteiger partial charge in [0.05, 0.1) is 17.9 Å². The van der Waals surface area contributed by atoms with E-state index in [-0.39, 0.29) is 23.7 Å². The van der Waals surface area contributed by atoms with E-state index in [9.17, 15) is 14.3 Å². The van der Waals surface area contributed by atoms with E-state index in [1.165, 1.54) is 6.07 Å². The van der Waals surface area contributed by atoms with Crippen LogP contribution in [0.25, 0.3) is 11.1 Å². The first-order valence-electron chi connectivity index (χ1n) is 13.9. The van der Waals surface area contributed by atoms with Gasteiger partial charge in [-0.1, -0.05) is 43.6 Å². The van der Waals surface area contributed by atoms with E-state index in [0.717, 1.165) is 37.2 Å². The number of carboxylic acid groups (broad SMARTS) is 1. The normalized spacial score (nSPS) is 16.0. The summed E-state index contributed by atoms with van der Waals surface area (Å²) in [6.45, 7) is 13.6. The molecule has 9 heteroatoms. The van der Waals surface area contributed by atoms with E-state index in [1.54, 1.807) is 36.7 Å². The zero-order valence-corrected chi connectivity index (χ0v) is 25.4. The largest absolute Gasteiger partial charge is 0.479 e. The Morgan fingerprint density at radius 3 is 2.46 bits per heavy atom. The number of carboxylic acids is 1. The van der Waals surface area contributed by atoms with Crippen molar-refractivity contribution >= 4 is 23.3 Å². The van der Waals surface area contributed by atoms with Gasteiger partial charge >= 0.3 is 5.97 Å². The highest BCUT2D eigenvalue weighted by Gasteiger charge is 2.36. The number of hydrogen-bond donors (Lipinski definition) is 1. The fourth-order valence-corrected chi connectivity index (χ4v) is 5.25. The van der Waals surface area contributed by atoms with Crippen molar-refractivity contribution in [2.24, 2.45) is 5.41 Å². The Kier molecular flexibility index (Phi) is 9.24. The monoisotopic (exact) mass is 583 g/mol. The van der Waals surface area contributed by atoms with Crippen LogP contribution in [0.3, 0.4) is 0 Å². The molecule has 2 aromatic heterocycles. The van der Waals surface area contributed by atoms with Crippen LogP contribution >= 0.6 is 11.6 Å². The lowest BCUT2D eigenvalue weighted by Gasteiger charge is -2.41. The molecule has 7 nitrogen and oxygen atoms in total. The summed E-state index contributed by atoms with van der Waals surface area (Å²) in [6, 6.07) is 8.32. The lowest BCUT2D eigenvalue weighted by Crippen LogP contribution is -2.39. The fraction of sp³-hybridized carbons (Fsp3) is 0.469. The van der Waals surface area contributed by atoms with Crippen LogP contribution in [-0.4, -0.2) is 46.3 Å². The molecular formula is C32H39ClFN3O4. The molecule has 0 unspecified atom stereocenters. The summed E-state index contributed by atoms with van der Waals surface area (Å²) in [5.74, 6) is -1.11. The maximum Gasteiger partial charge on any atom is 0.337 e. The van der Waals surface area contributed by atoms with Crippen molar-refractivity contribution in [3.63, 3.8) is 0 Å². The van der Waals surface area contributed by atoms with E-state index in [2.05, 4.69) is 28.7 Å². The third-order valence-corrected chi connectivity index (χ3v) is 7.64. The first-order valence-corrected chi connectivity index (χ1v) is 14.3. The van der Waals surface area contributed by atoms with E-state index >= 15 is 0 Å². The lowest BCUT2D eigenvalue weighted by molar-refractivity contribution is -0.160. The van der Waals surface area contributed by atoms with Crippen LogP contribution in [0, 0.1) is 18.2 Å². The first-order chi connectivity index (χ1) is 19.3. The number of ether oxygens (including phenoxy) is 2. The predicted molar refractivity (Wildman–Crippen MR) is 159 cm³/mol. The maximum absolute atomic E-state index is 14.0. The van der Waals surface area contributed by atoms with Crippen LogP contribution in [0.5, 0.6) is 5.88 Å². The molecule has 1 N–H and O–H groups in total. The van der Waals surface area contributed by atoms with Crippen molar-refractivity contribution in [3.05, 3.63) is 70.4 Å². The number of aliphatic carboxylic acids is 1. The van der Waals surface area contributed by atoms with Crippen LogP contribution in [0.2, 0.25) is 5.02 Å². The molecule has 0 radical (unpaired) electrons. The number of nitrogens with zero attached hydrogens (tertiary/aromatic N) is 3. The zero-order valence-electron chi connectivity index (χ0n) is 24.6. The number of hydrogen-bond acceptors (Lipinski definition) is 6. The van der Waals surface area contributed by atoms with Gasteiger partial charge in [-0.05, 0) is 63.6 Å². The van der Waals surface area contributed by atoms with Crippen LogP contribution in [0.15, 0.2) is 42.7 Å². The smallest absolute Gasteiger partial charge is 0.337 e. The Hall–Kier alpha value is -3.23. The minimum absolute atomic E-state index is 0.194.